The zero-order chi connectivity index (χ0) is 20.8. The Morgan fingerprint density at radius 2 is 2.07 bits per heavy atom. The second-order valence-electron chi connectivity index (χ2n) is 7.03. The number of esters is 1. The van der Waals surface area contributed by atoms with E-state index in [0.717, 1.165) is 23.5 Å². The van der Waals surface area contributed by atoms with Gasteiger partial charge in [0.1, 0.15) is 0 Å². The number of halogens is 1. The Morgan fingerprint density at radius 1 is 1.36 bits per heavy atom. The first kappa shape index (κ1) is 21.8. The van der Waals surface area contributed by atoms with Gasteiger partial charge in [-0.25, -0.2) is 0 Å². The Kier molecular flexibility index (Phi) is 7.47. The molecule has 0 fully saturated rings. The van der Waals surface area contributed by atoms with Gasteiger partial charge in [-0.3, -0.25) is 9.48 Å². The number of carbonyl (C=O) groups is 1. The largest absolute Gasteiger partial charge is 0.490 e. The minimum atomic E-state index is -0.414. The molecular formula is C21H26ClN3O3. The molecule has 2 aromatic rings. The third kappa shape index (κ3) is 5.26. The number of ether oxygens (including phenoxy) is 2. The summed E-state index contributed by atoms with van der Waals surface area (Å²) >= 11 is 6.19. The minimum Gasteiger partial charge on any atom is -0.490 e. The number of benzene rings is 1. The van der Waals surface area contributed by atoms with Gasteiger partial charge in [0, 0.05) is 18.3 Å². The molecule has 150 valence electrons. The topological polar surface area (TPSA) is 77.1 Å². The molecule has 0 saturated heterocycles. The molecule has 0 radical (unpaired) electrons. The van der Waals surface area contributed by atoms with Gasteiger partial charge in [0.05, 0.1) is 35.4 Å². The van der Waals surface area contributed by atoms with Crippen LogP contribution in [0.25, 0.3) is 0 Å². The molecule has 0 aliphatic heterocycles. The molecule has 0 N–H and O–H groups in total. The highest BCUT2D eigenvalue weighted by Crippen LogP contribution is 2.37. The maximum absolute atomic E-state index is 12.4. The number of hydrogen-bond donors (Lipinski definition) is 0. The predicted octanol–water partition coefficient (Wildman–Crippen LogP) is 4.62. The van der Waals surface area contributed by atoms with Crippen molar-refractivity contribution < 1.29 is 14.3 Å². The monoisotopic (exact) mass is 403 g/mol. The first-order valence-corrected chi connectivity index (χ1v) is 9.74. The predicted molar refractivity (Wildman–Crippen MR) is 108 cm³/mol. The Bertz CT molecular complexity index is 897. The van der Waals surface area contributed by atoms with Crippen LogP contribution in [0.1, 0.15) is 49.7 Å². The molecule has 0 bridgehead atoms. The average Bonchev–Trinajstić information content (AvgIpc) is 2.88. The van der Waals surface area contributed by atoms with Crippen LogP contribution in [-0.2, 0) is 17.8 Å². The maximum Gasteiger partial charge on any atom is 0.311 e. The van der Waals surface area contributed by atoms with Crippen LogP contribution < -0.4 is 9.47 Å². The van der Waals surface area contributed by atoms with Crippen molar-refractivity contribution in [2.75, 3.05) is 6.61 Å². The molecule has 6 nitrogen and oxygen atoms in total. The zero-order valence-corrected chi connectivity index (χ0v) is 17.8. The third-order valence-corrected chi connectivity index (χ3v) is 4.58. The summed E-state index contributed by atoms with van der Waals surface area (Å²) in [5, 5.41) is 13.8. The van der Waals surface area contributed by atoms with Crippen molar-refractivity contribution in [2.45, 2.75) is 54.0 Å². The van der Waals surface area contributed by atoms with Gasteiger partial charge in [0.25, 0.3) is 0 Å². The van der Waals surface area contributed by atoms with Gasteiger partial charge in [-0.1, -0.05) is 25.4 Å². The van der Waals surface area contributed by atoms with Gasteiger partial charge in [-0.15, -0.1) is 0 Å². The quantitative estimate of drug-likeness (QED) is 0.474. The Labute approximate surface area is 171 Å². The molecule has 1 aromatic carbocycles. The van der Waals surface area contributed by atoms with Gasteiger partial charge in [-0.05, 0) is 44.7 Å². The third-order valence-electron chi connectivity index (χ3n) is 4.30. The first-order chi connectivity index (χ1) is 13.3. The van der Waals surface area contributed by atoms with Gasteiger partial charge >= 0.3 is 5.97 Å². The van der Waals surface area contributed by atoms with Crippen LogP contribution in [0, 0.1) is 31.1 Å². The standard InChI is InChI=1S/C21H26ClN3O3/c1-6-27-19-10-16(11-23)9-18(22)21(19)28-20(26)8-7-17-14(4)24-25(15(17)5)12-13(2)3/h9-10,13H,6-8,12H2,1-5H3. The summed E-state index contributed by atoms with van der Waals surface area (Å²) in [5.41, 5.74) is 3.41. The lowest BCUT2D eigenvalue weighted by Crippen LogP contribution is -2.12. The van der Waals surface area contributed by atoms with Crippen molar-refractivity contribution in [3.05, 3.63) is 39.7 Å². The highest BCUT2D eigenvalue weighted by Gasteiger charge is 2.18. The molecule has 0 saturated carbocycles. The fraction of sp³-hybridized carbons (Fsp3) is 0.476. The van der Waals surface area contributed by atoms with E-state index in [-0.39, 0.29) is 22.9 Å². The molecule has 2 rings (SSSR count). The number of aromatic nitrogens is 2. The number of nitrogens with zero attached hydrogens (tertiary/aromatic N) is 3. The van der Waals surface area contributed by atoms with Crippen molar-refractivity contribution >= 4 is 17.6 Å². The number of nitriles is 1. The van der Waals surface area contributed by atoms with E-state index in [9.17, 15) is 4.79 Å². The van der Waals surface area contributed by atoms with Crippen molar-refractivity contribution in [3.63, 3.8) is 0 Å². The summed E-state index contributed by atoms with van der Waals surface area (Å²) in [5.74, 6) is 0.516. The van der Waals surface area contributed by atoms with E-state index in [2.05, 4.69) is 18.9 Å². The molecule has 0 atom stereocenters. The van der Waals surface area contributed by atoms with Crippen LogP contribution in [0.5, 0.6) is 11.5 Å². The Hall–Kier alpha value is -2.52. The van der Waals surface area contributed by atoms with Crippen LogP contribution in [0.4, 0.5) is 0 Å². The second-order valence-corrected chi connectivity index (χ2v) is 7.44. The summed E-state index contributed by atoms with van der Waals surface area (Å²) in [6, 6.07) is 4.98. The molecule has 1 aromatic heterocycles. The van der Waals surface area contributed by atoms with Crippen molar-refractivity contribution in [1.29, 1.82) is 5.26 Å². The van der Waals surface area contributed by atoms with Crippen LogP contribution in [-0.4, -0.2) is 22.4 Å². The first-order valence-electron chi connectivity index (χ1n) is 9.36. The summed E-state index contributed by atoms with van der Waals surface area (Å²) < 4.78 is 12.9. The van der Waals surface area contributed by atoms with Crippen LogP contribution in [0.2, 0.25) is 5.02 Å². The molecule has 0 unspecified atom stereocenters. The lowest BCUT2D eigenvalue weighted by Gasteiger charge is -2.13. The fourth-order valence-corrected chi connectivity index (χ4v) is 3.26. The summed E-state index contributed by atoms with van der Waals surface area (Å²) in [4.78, 5) is 12.4. The van der Waals surface area contributed by atoms with Gasteiger partial charge < -0.3 is 9.47 Å². The SMILES string of the molecule is CCOc1cc(C#N)cc(Cl)c1OC(=O)CCc1c(C)nn(CC(C)C)c1C. The lowest BCUT2D eigenvalue weighted by atomic mass is 10.1. The van der Waals surface area contributed by atoms with Crippen LogP contribution in [0.3, 0.4) is 0 Å². The number of rotatable bonds is 8. The van der Waals surface area contributed by atoms with E-state index in [1.807, 2.05) is 24.6 Å². The van der Waals surface area contributed by atoms with Gasteiger partial charge in [-0.2, -0.15) is 10.4 Å². The van der Waals surface area contributed by atoms with E-state index in [4.69, 9.17) is 26.3 Å². The van der Waals surface area contributed by atoms with E-state index < -0.39 is 5.97 Å². The number of aryl methyl sites for hydroxylation is 1. The van der Waals surface area contributed by atoms with E-state index >= 15 is 0 Å². The smallest absolute Gasteiger partial charge is 0.311 e. The summed E-state index contributed by atoms with van der Waals surface area (Å²) in [6.07, 6.45) is 0.726. The highest BCUT2D eigenvalue weighted by atomic mass is 35.5. The molecule has 0 aliphatic rings. The maximum atomic E-state index is 12.4. The lowest BCUT2D eigenvalue weighted by molar-refractivity contribution is -0.134. The number of carbonyl (C=O) groups excluding carboxylic acids is 1. The Balaban J connectivity index is 2.12. The van der Waals surface area contributed by atoms with Crippen molar-refractivity contribution in [1.82, 2.24) is 9.78 Å². The Morgan fingerprint density at radius 3 is 2.68 bits per heavy atom. The number of hydrogen-bond acceptors (Lipinski definition) is 5. The zero-order valence-electron chi connectivity index (χ0n) is 17.0. The summed E-state index contributed by atoms with van der Waals surface area (Å²) in [7, 11) is 0. The van der Waals surface area contributed by atoms with Gasteiger partial charge in [0.2, 0.25) is 0 Å². The van der Waals surface area contributed by atoms with Crippen molar-refractivity contribution in [3.8, 4) is 17.6 Å². The molecule has 28 heavy (non-hydrogen) atoms. The van der Waals surface area contributed by atoms with Crippen molar-refractivity contribution in [2.24, 2.45) is 5.92 Å². The molecular weight excluding hydrogens is 378 g/mol. The van der Waals surface area contributed by atoms with Crippen LogP contribution >= 0.6 is 11.6 Å². The average molecular weight is 404 g/mol. The fourth-order valence-electron chi connectivity index (χ4n) is 3.01. The molecule has 1 heterocycles. The minimum absolute atomic E-state index is 0.150. The highest BCUT2D eigenvalue weighted by molar-refractivity contribution is 6.32. The van der Waals surface area contributed by atoms with E-state index in [1.54, 1.807) is 6.92 Å². The molecule has 7 heteroatoms. The normalized spacial score (nSPS) is 10.8. The molecule has 0 spiro atoms. The summed E-state index contributed by atoms with van der Waals surface area (Å²) in [6.45, 7) is 11.3. The van der Waals surface area contributed by atoms with Crippen LogP contribution in [0.15, 0.2) is 12.1 Å². The molecule has 0 aliphatic carbocycles. The molecule has 0 amide bonds. The van der Waals surface area contributed by atoms with E-state index in [0.29, 0.717) is 24.5 Å². The van der Waals surface area contributed by atoms with Gasteiger partial charge in [0.15, 0.2) is 11.5 Å². The second kappa shape index (κ2) is 9.61. The van der Waals surface area contributed by atoms with E-state index in [1.165, 1.54) is 12.1 Å².